The highest BCUT2D eigenvalue weighted by atomic mass is 35.5. The number of hydrogen-bond acceptors (Lipinski definition) is 7. The number of pyridine rings is 1. The molecule has 0 unspecified atom stereocenters. The number of halogens is 1. The van der Waals surface area contributed by atoms with E-state index in [2.05, 4.69) is 32.9 Å². The van der Waals surface area contributed by atoms with Crippen LogP contribution in [0, 0.1) is 11.3 Å². The summed E-state index contributed by atoms with van der Waals surface area (Å²) in [6, 6.07) is 6.46. The smallest absolute Gasteiger partial charge is 0.269 e. The lowest BCUT2D eigenvalue weighted by molar-refractivity contribution is -0.141. The minimum absolute atomic E-state index is 0.0772. The van der Waals surface area contributed by atoms with Gasteiger partial charge in [-0.25, -0.2) is 15.0 Å². The van der Waals surface area contributed by atoms with Crippen molar-refractivity contribution in [3.63, 3.8) is 0 Å². The van der Waals surface area contributed by atoms with E-state index in [0.29, 0.717) is 30.1 Å². The van der Waals surface area contributed by atoms with Gasteiger partial charge in [0, 0.05) is 13.6 Å². The number of ether oxygens (including phenoxy) is 1. The average Bonchev–Trinajstić information content (AvgIpc) is 2.78. The van der Waals surface area contributed by atoms with Gasteiger partial charge in [0.25, 0.3) is 5.91 Å². The van der Waals surface area contributed by atoms with E-state index < -0.39 is 12.1 Å². The van der Waals surface area contributed by atoms with Gasteiger partial charge in [-0.2, -0.15) is 5.26 Å². The molecule has 1 aliphatic rings. The van der Waals surface area contributed by atoms with Crippen LogP contribution in [0.3, 0.4) is 0 Å². The SMILES string of the molecule is C=CC(=O)N1CCO[C@H](c2cc(Cl)nc(-c3cc(C(=O)NC)ncn3)c2)[C@H]1CC#N. The van der Waals surface area contributed by atoms with E-state index >= 15 is 0 Å². The summed E-state index contributed by atoms with van der Waals surface area (Å²) < 4.78 is 5.92. The Morgan fingerprint density at radius 1 is 1.40 bits per heavy atom. The van der Waals surface area contributed by atoms with Crippen LogP contribution in [0.1, 0.15) is 28.6 Å². The normalized spacial score (nSPS) is 18.4. The first-order valence-corrected chi connectivity index (χ1v) is 9.49. The lowest BCUT2D eigenvalue weighted by Gasteiger charge is -2.40. The molecule has 0 radical (unpaired) electrons. The van der Waals surface area contributed by atoms with Crippen LogP contribution in [-0.2, 0) is 9.53 Å². The lowest BCUT2D eigenvalue weighted by Crippen LogP contribution is -2.49. The first kappa shape index (κ1) is 21.4. The summed E-state index contributed by atoms with van der Waals surface area (Å²) in [6.45, 7) is 4.20. The monoisotopic (exact) mass is 426 g/mol. The third-order valence-electron chi connectivity index (χ3n) is 4.67. The van der Waals surface area contributed by atoms with E-state index in [4.69, 9.17) is 16.3 Å². The first-order valence-electron chi connectivity index (χ1n) is 9.12. The van der Waals surface area contributed by atoms with Crippen LogP contribution in [0.4, 0.5) is 0 Å². The van der Waals surface area contributed by atoms with Crippen molar-refractivity contribution < 1.29 is 14.3 Å². The second-order valence-electron chi connectivity index (χ2n) is 6.43. The highest BCUT2D eigenvalue weighted by Crippen LogP contribution is 2.33. The van der Waals surface area contributed by atoms with Gasteiger partial charge >= 0.3 is 0 Å². The predicted molar refractivity (Wildman–Crippen MR) is 108 cm³/mol. The zero-order valence-corrected chi connectivity index (χ0v) is 17.0. The van der Waals surface area contributed by atoms with Crippen LogP contribution < -0.4 is 5.32 Å². The fourth-order valence-corrected chi connectivity index (χ4v) is 3.52. The molecule has 2 aromatic heterocycles. The molecule has 0 spiro atoms. The molecule has 0 aromatic carbocycles. The molecule has 2 atom stereocenters. The van der Waals surface area contributed by atoms with E-state index in [1.54, 1.807) is 17.0 Å². The molecule has 30 heavy (non-hydrogen) atoms. The Bertz CT molecular complexity index is 1020. The molecule has 9 nitrogen and oxygen atoms in total. The fourth-order valence-electron chi connectivity index (χ4n) is 3.30. The highest BCUT2D eigenvalue weighted by Gasteiger charge is 2.35. The Balaban J connectivity index is 2.02. The Labute approximate surface area is 178 Å². The van der Waals surface area contributed by atoms with Crippen LogP contribution in [0.25, 0.3) is 11.4 Å². The zero-order valence-electron chi connectivity index (χ0n) is 16.2. The van der Waals surface area contributed by atoms with Crippen molar-refractivity contribution in [3.05, 3.63) is 53.6 Å². The van der Waals surface area contributed by atoms with Crippen LogP contribution in [0.2, 0.25) is 5.15 Å². The maximum atomic E-state index is 12.3. The van der Waals surface area contributed by atoms with Gasteiger partial charge in [0.15, 0.2) is 0 Å². The molecule has 0 aliphatic carbocycles. The zero-order chi connectivity index (χ0) is 21.7. The largest absolute Gasteiger partial charge is 0.369 e. The van der Waals surface area contributed by atoms with Crippen molar-refractivity contribution in [3.8, 4) is 17.5 Å². The van der Waals surface area contributed by atoms with Gasteiger partial charge in [0.2, 0.25) is 5.91 Å². The average molecular weight is 427 g/mol. The molecule has 0 bridgehead atoms. The number of nitriles is 1. The number of rotatable bonds is 5. The first-order chi connectivity index (χ1) is 14.5. The molecule has 154 valence electrons. The summed E-state index contributed by atoms with van der Waals surface area (Å²) in [4.78, 5) is 38.1. The Kier molecular flexibility index (Phi) is 6.72. The van der Waals surface area contributed by atoms with E-state index in [-0.39, 0.29) is 29.1 Å². The second kappa shape index (κ2) is 9.43. The summed E-state index contributed by atoms with van der Waals surface area (Å²) >= 11 is 6.25. The minimum Gasteiger partial charge on any atom is -0.369 e. The van der Waals surface area contributed by atoms with Gasteiger partial charge in [-0.3, -0.25) is 9.59 Å². The van der Waals surface area contributed by atoms with Crippen molar-refractivity contribution in [1.82, 2.24) is 25.2 Å². The van der Waals surface area contributed by atoms with E-state index in [9.17, 15) is 14.9 Å². The number of carbonyl (C=O) groups excluding carboxylic acids is 2. The van der Waals surface area contributed by atoms with Crippen LogP contribution in [0.5, 0.6) is 0 Å². The molecular weight excluding hydrogens is 408 g/mol. The number of carbonyl (C=O) groups is 2. The third-order valence-corrected chi connectivity index (χ3v) is 4.87. The Morgan fingerprint density at radius 2 is 2.20 bits per heavy atom. The van der Waals surface area contributed by atoms with Crippen LogP contribution >= 0.6 is 11.6 Å². The number of nitrogens with zero attached hydrogens (tertiary/aromatic N) is 5. The van der Waals surface area contributed by atoms with Gasteiger partial charge in [-0.05, 0) is 29.8 Å². The number of aromatic nitrogens is 3. The van der Waals surface area contributed by atoms with Gasteiger partial charge in [0.1, 0.15) is 23.3 Å². The molecule has 3 rings (SSSR count). The molecule has 10 heteroatoms. The second-order valence-corrected chi connectivity index (χ2v) is 6.82. The van der Waals surface area contributed by atoms with Gasteiger partial charge in [0.05, 0.1) is 36.5 Å². The molecule has 2 amide bonds. The van der Waals surface area contributed by atoms with Crippen molar-refractivity contribution in [2.45, 2.75) is 18.6 Å². The van der Waals surface area contributed by atoms with Gasteiger partial charge in [-0.1, -0.05) is 18.2 Å². The number of nitrogens with one attached hydrogen (secondary N) is 1. The number of morpholine rings is 1. The van der Waals surface area contributed by atoms with Gasteiger partial charge in [-0.15, -0.1) is 0 Å². The summed E-state index contributed by atoms with van der Waals surface area (Å²) in [7, 11) is 1.51. The van der Waals surface area contributed by atoms with Crippen LogP contribution in [-0.4, -0.2) is 57.9 Å². The van der Waals surface area contributed by atoms with Crippen molar-refractivity contribution in [1.29, 1.82) is 5.26 Å². The van der Waals surface area contributed by atoms with Crippen molar-refractivity contribution in [2.75, 3.05) is 20.2 Å². The fraction of sp³-hybridized carbons (Fsp3) is 0.300. The quantitative estimate of drug-likeness (QED) is 0.572. The van der Waals surface area contributed by atoms with Crippen LogP contribution in [0.15, 0.2) is 37.2 Å². The molecule has 1 fully saturated rings. The van der Waals surface area contributed by atoms with E-state index in [0.717, 1.165) is 0 Å². The van der Waals surface area contributed by atoms with Crippen molar-refractivity contribution in [2.24, 2.45) is 0 Å². The molecule has 1 N–H and O–H groups in total. The maximum absolute atomic E-state index is 12.3. The molecule has 1 saturated heterocycles. The molecule has 1 aliphatic heterocycles. The maximum Gasteiger partial charge on any atom is 0.269 e. The number of amides is 2. The highest BCUT2D eigenvalue weighted by molar-refractivity contribution is 6.29. The molecule has 0 saturated carbocycles. The molecule has 3 heterocycles. The standard InChI is InChI=1S/C20H19ClN6O3/c1-3-18(28)27-6-7-30-19(16(27)4-5-22)12-8-14(26-17(21)9-12)13-10-15(20(29)23-2)25-11-24-13/h3,8-11,16,19H,1,4,6-7H2,2H3,(H,23,29)/t16-,19-/m1/s1. The molecular formula is C20H19ClN6O3. The van der Waals surface area contributed by atoms with Gasteiger partial charge < -0.3 is 15.0 Å². The molecule has 2 aromatic rings. The Hall–Kier alpha value is -3.35. The third kappa shape index (κ3) is 4.45. The topological polar surface area (TPSA) is 121 Å². The lowest BCUT2D eigenvalue weighted by atomic mass is 9.96. The van der Waals surface area contributed by atoms with E-state index in [1.807, 2.05) is 0 Å². The number of hydrogen-bond donors (Lipinski definition) is 1. The minimum atomic E-state index is -0.582. The Morgan fingerprint density at radius 3 is 2.90 bits per heavy atom. The summed E-state index contributed by atoms with van der Waals surface area (Å²) in [5.41, 5.74) is 1.65. The summed E-state index contributed by atoms with van der Waals surface area (Å²) in [6.07, 6.45) is 1.98. The van der Waals surface area contributed by atoms with E-state index in [1.165, 1.54) is 25.5 Å². The van der Waals surface area contributed by atoms with Crippen molar-refractivity contribution >= 4 is 23.4 Å². The summed E-state index contributed by atoms with van der Waals surface area (Å²) in [5.74, 6) is -0.626. The predicted octanol–water partition coefficient (Wildman–Crippen LogP) is 1.92. The summed E-state index contributed by atoms with van der Waals surface area (Å²) in [5, 5.41) is 12.0.